The van der Waals surface area contributed by atoms with Crippen LogP contribution in [0, 0.1) is 5.82 Å². The third-order valence-electron chi connectivity index (χ3n) is 2.55. The molecule has 1 aromatic carbocycles. The highest BCUT2D eigenvalue weighted by Gasteiger charge is 1.99. The minimum absolute atomic E-state index is 0. The monoisotopic (exact) mass is 393 g/mol. The molecule has 114 valence electrons. The molecule has 0 atom stereocenters. The van der Waals surface area contributed by atoms with Crippen molar-refractivity contribution in [3.8, 4) is 0 Å². The van der Waals surface area contributed by atoms with Gasteiger partial charge in [0.1, 0.15) is 5.82 Å². The van der Waals surface area contributed by atoms with Gasteiger partial charge >= 0.3 is 0 Å². The SMILES string of the molecule is CCNC(=NCCCc1cccc(F)c1)NC(C)C.I. The van der Waals surface area contributed by atoms with Gasteiger partial charge < -0.3 is 10.6 Å². The summed E-state index contributed by atoms with van der Waals surface area (Å²) in [5, 5.41) is 6.47. The van der Waals surface area contributed by atoms with Gasteiger partial charge in [0.15, 0.2) is 5.96 Å². The molecule has 0 saturated heterocycles. The number of nitrogens with zero attached hydrogens (tertiary/aromatic N) is 1. The Labute approximate surface area is 138 Å². The molecule has 1 rings (SSSR count). The maximum atomic E-state index is 13.0. The lowest BCUT2D eigenvalue weighted by Gasteiger charge is -2.13. The number of rotatable bonds is 6. The first-order valence-electron chi connectivity index (χ1n) is 6.91. The minimum Gasteiger partial charge on any atom is -0.357 e. The van der Waals surface area contributed by atoms with Crippen molar-refractivity contribution in [3.05, 3.63) is 35.6 Å². The molecular weight excluding hydrogens is 368 g/mol. The third kappa shape index (κ3) is 8.35. The predicted octanol–water partition coefficient (Wildman–Crippen LogP) is 3.34. The van der Waals surface area contributed by atoms with Crippen molar-refractivity contribution in [2.75, 3.05) is 13.1 Å². The largest absolute Gasteiger partial charge is 0.357 e. The van der Waals surface area contributed by atoms with E-state index < -0.39 is 0 Å². The van der Waals surface area contributed by atoms with Gasteiger partial charge in [-0.2, -0.15) is 0 Å². The first kappa shape index (κ1) is 19.1. The number of aryl methyl sites for hydroxylation is 1. The van der Waals surface area contributed by atoms with Crippen LogP contribution >= 0.6 is 24.0 Å². The number of aliphatic imine (C=N–C) groups is 1. The number of nitrogens with one attached hydrogen (secondary N) is 2. The Bertz CT molecular complexity index is 408. The average molecular weight is 393 g/mol. The van der Waals surface area contributed by atoms with Crippen LogP contribution in [0.2, 0.25) is 0 Å². The van der Waals surface area contributed by atoms with Gasteiger partial charge in [-0.05, 0) is 51.3 Å². The van der Waals surface area contributed by atoms with E-state index in [1.165, 1.54) is 6.07 Å². The van der Waals surface area contributed by atoms with E-state index in [9.17, 15) is 4.39 Å². The van der Waals surface area contributed by atoms with Crippen LogP contribution in [0.3, 0.4) is 0 Å². The van der Waals surface area contributed by atoms with E-state index in [-0.39, 0.29) is 29.8 Å². The van der Waals surface area contributed by atoms with Crippen LogP contribution in [-0.2, 0) is 6.42 Å². The number of guanidine groups is 1. The fourth-order valence-corrected chi connectivity index (χ4v) is 1.76. The molecule has 0 fully saturated rings. The summed E-state index contributed by atoms with van der Waals surface area (Å²) in [5.41, 5.74) is 1.03. The topological polar surface area (TPSA) is 36.4 Å². The Morgan fingerprint density at radius 1 is 1.35 bits per heavy atom. The van der Waals surface area contributed by atoms with Gasteiger partial charge in [0.05, 0.1) is 0 Å². The van der Waals surface area contributed by atoms with Crippen molar-refractivity contribution in [2.24, 2.45) is 4.99 Å². The van der Waals surface area contributed by atoms with E-state index in [1.54, 1.807) is 12.1 Å². The first-order valence-corrected chi connectivity index (χ1v) is 6.91. The van der Waals surface area contributed by atoms with E-state index in [0.29, 0.717) is 6.04 Å². The highest BCUT2D eigenvalue weighted by Crippen LogP contribution is 2.06. The fourth-order valence-electron chi connectivity index (χ4n) is 1.76. The minimum atomic E-state index is -0.171. The zero-order valence-electron chi connectivity index (χ0n) is 12.4. The van der Waals surface area contributed by atoms with E-state index >= 15 is 0 Å². The van der Waals surface area contributed by atoms with E-state index in [2.05, 4.69) is 29.5 Å². The predicted molar refractivity (Wildman–Crippen MR) is 94.4 cm³/mol. The molecule has 2 N–H and O–H groups in total. The second-order valence-electron chi connectivity index (χ2n) is 4.79. The number of hydrogen-bond acceptors (Lipinski definition) is 1. The summed E-state index contributed by atoms with van der Waals surface area (Å²) in [7, 11) is 0. The molecule has 0 aliphatic heterocycles. The van der Waals surface area contributed by atoms with Crippen LogP contribution in [0.25, 0.3) is 0 Å². The molecule has 20 heavy (non-hydrogen) atoms. The summed E-state index contributed by atoms with van der Waals surface area (Å²) in [6, 6.07) is 7.11. The number of hydrogen-bond donors (Lipinski definition) is 2. The molecule has 1 aromatic rings. The van der Waals surface area contributed by atoms with Gasteiger partial charge in [0, 0.05) is 19.1 Å². The van der Waals surface area contributed by atoms with E-state index in [4.69, 9.17) is 0 Å². The van der Waals surface area contributed by atoms with Crippen molar-refractivity contribution in [2.45, 2.75) is 39.7 Å². The van der Waals surface area contributed by atoms with Crippen LogP contribution in [0.1, 0.15) is 32.8 Å². The summed E-state index contributed by atoms with van der Waals surface area (Å²) in [4.78, 5) is 4.49. The average Bonchev–Trinajstić information content (AvgIpc) is 2.34. The van der Waals surface area contributed by atoms with Crippen LogP contribution < -0.4 is 10.6 Å². The standard InChI is InChI=1S/C15H24FN3.HI/c1-4-17-15(19-12(2)3)18-10-6-8-13-7-5-9-14(16)11-13;/h5,7,9,11-12H,4,6,8,10H2,1-3H3,(H2,17,18,19);1H. The molecule has 0 unspecified atom stereocenters. The highest BCUT2D eigenvalue weighted by molar-refractivity contribution is 14.0. The zero-order valence-corrected chi connectivity index (χ0v) is 14.8. The van der Waals surface area contributed by atoms with Gasteiger partial charge in [0.25, 0.3) is 0 Å². The van der Waals surface area contributed by atoms with Crippen molar-refractivity contribution < 1.29 is 4.39 Å². The molecule has 0 spiro atoms. The Balaban J connectivity index is 0.00000361. The van der Waals surface area contributed by atoms with Crippen molar-refractivity contribution in [3.63, 3.8) is 0 Å². The van der Waals surface area contributed by atoms with Crippen molar-refractivity contribution >= 4 is 29.9 Å². The second kappa shape index (κ2) is 10.9. The molecule has 0 bridgehead atoms. The van der Waals surface area contributed by atoms with Crippen LogP contribution in [0.15, 0.2) is 29.3 Å². The van der Waals surface area contributed by atoms with E-state index in [1.807, 2.05) is 13.0 Å². The molecule has 0 aromatic heterocycles. The summed E-state index contributed by atoms with van der Waals surface area (Å²) in [6.07, 6.45) is 1.76. The van der Waals surface area contributed by atoms with Crippen LogP contribution in [-0.4, -0.2) is 25.1 Å². The highest BCUT2D eigenvalue weighted by atomic mass is 127. The van der Waals surface area contributed by atoms with Crippen LogP contribution in [0.5, 0.6) is 0 Å². The molecule has 0 aliphatic rings. The quantitative estimate of drug-likeness (QED) is 0.337. The smallest absolute Gasteiger partial charge is 0.191 e. The lowest BCUT2D eigenvalue weighted by molar-refractivity contribution is 0.624. The molecule has 0 amide bonds. The Morgan fingerprint density at radius 2 is 2.10 bits per heavy atom. The Morgan fingerprint density at radius 3 is 2.70 bits per heavy atom. The molecule has 5 heteroatoms. The molecule has 0 heterocycles. The number of benzene rings is 1. The summed E-state index contributed by atoms with van der Waals surface area (Å²) < 4.78 is 13.0. The molecule has 0 saturated carbocycles. The molecular formula is C15H25FIN3. The zero-order chi connectivity index (χ0) is 14.1. The Kier molecular flexibility index (Phi) is 10.4. The van der Waals surface area contributed by atoms with E-state index in [0.717, 1.165) is 37.5 Å². The van der Waals surface area contributed by atoms with Crippen molar-refractivity contribution in [1.29, 1.82) is 0 Å². The maximum Gasteiger partial charge on any atom is 0.191 e. The summed E-state index contributed by atoms with van der Waals surface area (Å²) in [5.74, 6) is 0.674. The van der Waals surface area contributed by atoms with Gasteiger partial charge in [0.2, 0.25) is 0 Å². The van der Waals surface area contributed by atoms with Gasteiger partial charge in [-0.1, -0.05) is 12.1 Å². The summed E-state index contributed by atoms with van der Waals surface area (Å²) >= 11 is 0. The summed E-state index contributed by atoms with van der Waals surface area (Å²) in [6.45, 7) is 7.80. The van der Waals surface area contributed by atoms with Gasteiger partial charge in [-0.15, -0.1) is 24.0 Å². The third-order valence-corrected chi connectivity index (χ3v) is 2.55. The second-order valence-corrected chi connectivity index (χ2v) is 4.79. The molecule has 0 aliphatic carbocycles. The number of halogens is 2. The fraction of sp³-hybridized carbons (Fsp3) is 0.533. The lowest BCUT2D eigenvalue weighted by Crippen LogP contribution is -2.41. The maximum absolute atomic E-state index is 13.0. The molecule has 3 nitrogen and oxygen atoms in total. The first-order chi connectivity index (χ1) is 9.11. The Hall–Kier alpha value is -0.850. The molecule has 0 radical (unpaired) electrons. The van der Waals surface area contributed by atoms with Crippen molar-refractivity contribution in [1.82, 2.24) is 10.6 Å². The van der Waals surface area contributed by atoms with Crippen LogP contribution in [0.4, 0.5) is 4.39 Å². The van der Waals surface area contributed by atoms with Gasteiger partial charge in [-0.25, -0.2) is 4.39 Å². The van der Waals surface area contributed by atoms with Gasteiger partial charge in [-0.3, -0.25) is 4.99 Å². The normalized spacial score (nSPS) is 11.2. The lowest BCUT2D eigenvalue weighted by atomic mass is 10.1.